The van der Waals surface area contributed by atoms with Crippen molar-refractivity contribution >= 4 is 28.8 Å². The maximum absolute atomic E-state index is 12.1. The summed E-state index contributed by atoms with van der Waals surface area (Å²) < 4.78 is 5.20. The van der Waals surface area contributed by atoms with Crippen LogP contribution in [0.15, 0.2) is 66.0 Å². The number of hydrogen-bond acceptors (Lipinski definition) is 6. The largest absolute Gasteiger partial charge is 0.477 e. The van der Waals surface area contributed by atoms with Gasteiger partial charge in [-0.1, -0.05) is 36.4 Å². The van der Waals surface area contributed by atoms with Gasteiger partial charge in [-0.3, -0.25) is 5.32 Å². The average Bonchev–Trinajstić information content (AvgIpc) is 2.81. The Labute approximate surface area is 198 Å². The molecule has 1 aliphatic rings. The van der Waals surface area contributed by atoms with Gasteiger partial charge in [-0.15, -0.1) is 0 Å². The number of fused-ring (bicyclic) bond motifs is 1. The molecule has 8 heteroatoms. The van der Waals surface area contributed by atoms with Gasteiger partial charge in [-0.25, -0.2) is 19.6 Å². The van der Waals surface area contributed by atoms with E-state index in [0.29, 0.717) is 37.5 Å². The number of benzene rings is 2. The number of hydrogen-bond donors (Lipinski definition) is 2. The molecule has 3 aromatic rings. The first-order valence-corrected chi connectivity index (χ1v) is 11.2. The number of carboxylic acid groups (broad SMARTS) is 1. The van der Waals surface area contributed by atoms with E-state index in [9.17, 15) is 14.7 Å². The van der Waals surface area contributed by atoms with Crippen LogP contribution in [0.1, 0.15) is 33.6 Å². The maximum Gasteiger partial charge on any atom is 0.412 e. The Balaban J connectivity index is 1.49. The first-order chi connectivity index (χ1) is 16.2. The van der Waals surface area contributed by atoms with E-state index in [4.69, 9.17) is 9.72 Å². The van der Waals surface area contributed by atoms with Gasteiger partial charge in [-0.2, -0.15) is 0 Å². The maximum atomic E-state index is 12.1. The molecule has 0 atom stereocenters. The Hall–Kier alpha value is -3.94. The van der Waals surface area contributed by atoms with Crippen molar-refractivity contribution in [3.8, 4) is 11.3 Å². The molecule has 0 bridgehead atoms. The van der Waals surface area contributed by atoms with Crippen molar-refractivity contribution in [2.45, 2.75) is 39.2 Å². The van der Waals surface area contributed by atoms with Gasteiger partial charge in [0.05, 0.1) is 5.69 Å². The Morgan fingerprint density at radius 2 is 1.74 bits per heavy atom. The van der Waals surface area contributed by atoms with E-state index < -0.39 is 17.7 Å². The molecule has 0 saturated carbocycles. The Kier molecular flexibility index (Phi) is 6.49. The third-order valence-corrected chi connectivity index (χ3v) is 5.53. The monoisotopic (exact) mass is 460 g/mol. The van der Waals surface area contributed by atoms with Crippen molar-refractivity contribution in [1.29, 1.82) is 0 Å². The molecule has 0 aliphatic carbocycles. The predicted octanol–water partition coefficient (Wildman–Crippen LogP) is 4.76. The molecule has 1 aliphatic heterocycles. The fraction of sp³-hybridized carbons (Fsp3) is 0.308. The lowest BCUT2D eigenvalue weighted by atomic mass is 10.0. The molecule has 1 saturated heterocycles. The Morgan fingerprint density at radius 1 is 1.03 bits per heavy atom. The molecule has 0 radical (unpaired) electrons. The lowest BCUT2D eigenvalue weighted by Gasteiger charge is -2.29. The summed E-state index contributed by atoms with van der Waals surface area (Å²) in [4.78, 5) is 35.1. The highest BCUT2D eigenvalue weighted by atomic mass is 16.6. The molecule has 0 spiro atoms. The van der Waals surface area contributed by atoms with E-state index in [0.717, 1.165) is 16.6 Å². The number of ether oxygens (including phenoxy) is 1. The minimum atomic E-state index is -1.18. The second-order valence-electron chi connectivity index (χ2n) is 9.20. The normalized spacial score (nSPS) is 14.1. The molecule has 8 nitrogen and oxygen atoms in total. The van der Waals surface area contributed by atoms with Gasteiger partial charge in [0.15, 0.2) is 0 Å². The highest BCUT2D eigenvalue weighted by Gasteiger charge is 2.25. The number of aliphatic carboxylic acids is 1. The number of alkyl carbamates (subject to hydrolysis) is 1. The van der Waals surface area contributed by atoms with Crippen LogP contribution in [0.5, 0.6) is 0 Å². The minimum Gasteiger partial charge on any atom is -0.477 e. The lowest BCUT2D eigenvalue weighted by Crippen LogP contribution is -2.37. The van der Waals surface area contributed by atoms with E-state index in [1.807, 2.05) is 29.2 Å². The van der Waals surface area contributed by atoms with Gasteiger partial charge in [-0.05, 0) is 62.1 Å². The zero-order valence-electron chi connectivity index (χ0n) is 19.5. The SMILES string of the molecule is CC(C)(C)OC(=O)NC(C(=O)O)=C1CCN(c2nccc(-c3ccc4ccccc4c3)n2)CC1. The number of nitrogens with one attached hydrogen (secondary N) is 1. The van der Waals surface area contributed by atoms with Crippen molar-refractivity contribution in [2.75, 3.05) is 18.0 Å². The van der Waals surface area contributed by atoms with Crippen LogP contribution in [0.3, 0.4) is 0 Å². The average molecular weight is 461 g/mol. The summed E-state index contributed by atoms with van der Waals surface area (Å²) in [5.74, 6) is -0.578. The van der Waals surface area contributed by atoms with E-state index in [1.165, 1.54) is 5.39 Å². The summed E-state index contributed by atoms with van der Waals surface area (Å²) in [6, 6.07) is 16.3. The molecule has 2 N–H and O–H groups in total. The number of carboxylic acids is 1. The molecule has 0 unspecified atom stereocenters. The molecular weight excluding hydrogens is 432 g/mol. The van der Waals surface area contributed by atoms with Crippen molar-refractivity contribution < 1.29 is 19.4 Å². The van der Waals surface area contributed by atoms with Crippen molar-refractivity contribution in [3.05, 3.63) is 66.0 Å². The Bertz CT molecular complexity index is 1250. The molecule has 34 heavy (non-hydrogen) atoms. The third-order valence-electron chi connectivity index (χ3n) is 5.53. The zero-order valence-corrected chi connectivity index (χ0v) is 19.5. The second-order valence-corrected chi connectivity index (χ2v) is 9.20. The molecule has 1 amide bonds. The van der Waals surface area contributed by atoms with Crippen molar-refractivity contribution in [2.24, 2.45) is 0 Å². The fourth-order valence-corrected chi connectivity index (χ4v) is 3.94. The summed E-state index contributed by atoms with van der Waals surface area (Å²) in [6.07, 6.45) is 1.92. The number of amides is 1. The van der Waals surface area contributed by atoms with Crippen LogP contribution in [0.2, 0.25) is 0 Å². The molecule has 2 aromatic carbocycles. The number of piperidine rings is 1. The smallest absolute Gasteiger partial charge is 0.412 e. The second kappa shape index (κ2) is 9.51. The summed E-state index contributed by atoms with van der Waals surface area (Å²) in [5.41, 5.74) is 1.68. The summed E-state index contributed by atoms with van der Waals surface area (Å²) >= 11 is 0. The fourth-order valence-electron chi connectivity index (χ4n) is 3.94. The minimum absolute atomic E-state index is 0.111. The molecular formula is C26H28N4O4. The van der Waals surface area contributed by atoms with Crippen molar-refractivity contribution in [3.63, 3.8) is 0 Å². The highest BCUT2D eigenvalue weighted by molar-refractivity contribution is 5.91. The standard InChI is InChI=1S/C26H28N4O4/c1-26(2,3)34-25(33)29-22(23(31)32)18-11-14-30(15-12-18)24-27-13-10-21(28-24)20-9-8-17-6-4-5-7-19(17)16-20/h4-10,13,16H,11-12,14-15H2,1-3H3,(H,29,33)(H,31,32). The zero-order chi connectivity index (χ0) is 24.3. The van der Waals surface area contributed by atoms with Crippen LogP contribution < -0.4 is 10.2 Å². The number of rotatable bonds is 4. The van der Waals surface area contributed by atoms with Gasteiger partial charge in [0.25, 0.3) is 0 Å². The predicted molar refractivity (Wildman–Crippen MR) is 130 cm³/mol. The van der Waals surface area contributed by atoms with Crippen LogP contribution in [-0.2, 0) is 9.53 Å². The molecule has 1 fully saturated rings. The highest BCUT2D eigenvalue weighted by Crippen LogP contribution is 2.26. The lowest BCUT2D eigenvalue weighted by molar-refractivity contribution is -0.133. The van der Waals surface area contributed by atoms with Crippen LogP contribution >= 0.6 is 0 Å². The van der Waals surface area contributed by atoms with Crippen LogP contribution in [0.4, 0.5) is 10.7 Å². The third kappa shape index (κ3) is 5.51. The number of carbonyl (C=O) groups excluding carboxylic acids is 1. The molecule has 4 rings (SSSR count). The molecule has 2 heterocycles. The molecule has 176 valence electrons. The van der Waals surface area contributed by atoms with Crippen LogP contribution in [0.25, 0.3) is 22.0 Å². The topological polar surface area (TPSA) is 105 Å². The van der Waals surface area contributed by atoms with Gasteiger partial charge in [0, 0.05) is 24.8 Å². The first kappa shape index (κ1) is 23.2. The van der Waals surface area contributed by atoms with E-state index in [1.54, 1.807) is 27.0 Å². The summed E-state index contributed by atoms with van der Waals surface area (Å²) in [7, 11) is 0. The van der Waals surface area contributed by atoms with Crippen LogP contribution in [-0.4, -0.2) is 45.8 Å². The van der Waals surface area contributed by atoms with E-state index in [-0.39, 0.29) is 5.70 Å². The van der Waals surface area contributed by atoms with Gasteiger partial charge < -0.3 is 14.7 Å². The first-order valence-electron chi connectivity index (χ1n) is 11.2. The summed E-state index contributed by atoms with van der Waals surface area (Å²) in [6.45, 7) is 6.27. The number of carbonyl (C=O) groups is 2. The number of nitrogens with zero attached hydrogens (tertiary/aromatic N) is 3. The summed E-state index contributed by atoms with van der Waals surface area (Å²) in [5, 5.41) is 14.4. The van der Waals surface area contributed by atoms with Gasteiger partial charge >= 0.3 is 12.1 Å². The number of anilines is 1. The number of aromatic nitrogens is 2. The van der Waals surface area contributed by atoms with E-state index >= 15 is 0 Å². The van der Waals surface area contributed by atoms with Crippen molar-refractivity contribution in [1.82, 2.24) is 15.3 Å². The Morgan fingerprint density at radius 3 is 2.41 bits per heavy atom. The van der Waals surface area contributed by atoms with Gasteiger partial charge in [0.1, 0.15) is 11.3 Å². The van der Waals surface area contributed by atoms with Crippen LogP contribution in [0, 0.1) is 0 Å². The van der Waals surface area contributed by atoms with E-state index in [2.05, 4.69) is 34.6 Å². The quantitative estimate of drug-likeness (QED) is 0.541. The van der Waals surface area contributed by atoms with Gasteiger partial charge in [0.2, 0.25) is 5.95 Å². The molecule has 1 aromatic heterocycles.